The van der Waals surface area contributed by atoms with Gasteiger partial charge in [0.05, 0.1) is 0 Å². The lowest BCUT2D eigenvalue weighted by molar-refractivity contribution is 0.402. The molecule has 0 spiro atoms. The van der Waals surface area contributed by atoms with Gasteiger partial charge in [-0.15, -0.1) is 0 Å². The van der Waals surface area contributed by atoms with Crippen LogP contribution in [0.15, 0.2) is 33.3 Å². The third kappa shape index (κ3) is 2.87. The first kappa shape index (κ1) is 13.4. The number of pyridine rings is 1. The highest BCUT2D eigenvalue weighted by atomic mass is 79.9. The molecule has 1 aromatic heterocycles. The van der Waals surface area contributed by atoms with E-state index in [1.54, 1.807) is 13.0 Å². The van der Waals surface area contributed by atoms with Crippen molar-refractivity contribution in [3.8, 4) is 11.6 Å². The SMILES string of the molecule is Cc1cc(Br)cnc1Oc1cc(Br)cc(F)c1F. The van der Waals surface area contributed by atoms with Crippen LogP contribution in [0.3, 0.4) is 0 Å². The van der Waals surface area contributed by atoms with Crippen LogP contribution in [0.4, 0.5) is 8.78 Å². The minimum Gasteiger partial charge on any atom is -0.436 e. The summed E-state index contributed by atoms with van der Waals surface area (Å²) < 4.78 is 33.2. The molecule has 6 heteroatoms. The number of hydrogen-bond acceptors (Lipinski definition) is 2. The second-order valence-electron chi connectivity index (χ2n) is 3.58. The lowest BCUT2D eigenvalue weighted by atomic mass is 10.3. The quantitative estimate of drug-likeness (QED) is 0.687. The highest BCUT2D eigenvalue weighted by Gasteiger charge is 2.13. The molecule has 2 nitrogen and oxygen atoms in total. The first-order valence-corrected chi connectivity index (χ1v) is 6.50. The van der Waals surface area contributed by atoms with E-state index in [0.717, 1.165) is 10.5 Å². The maximum absolute atomic E-state index is 13.5. The van der Waals surface area contributed by atoms with Crippen molar-refractivity contribution in [2.75, 3.05) is 0 Å². The Hall–Kier alpha value is -1.01. The molecule has 0 aliphatic rings. The summed E-state index contributed by atoms with van der Waals surface area (Å²) in [4.78, 5) is 4.00. The van der Waals surface area contributed by atoms with Crippen LogP contribution in [0.25, 0.3) is 0 Å². The van der Waals surface area contributed by atoms with Gasteiger partial charge >= 0.3 is 0 Å². The number of aryl methyl sites for hydroxylation is 1. The van der Waals surface area contributed by atoms with Crippen molar-refractivity contribution in [2.24, 2.45) is 0 Å². The van der Waals surface area contributed by atoms with Crippen molar-refractivity contribution in [1.29, 1.82) is 0 Å². The maximum atomic E-state index is 13.5. The number of benzene rings is 1. The van der Waals surface area contributed by atoms with Crippen LogP contribution >= 0.6 is 31.9 Å². The third-order valence-corrected chi connectivity index (χ3v) is 3.05. The summed E-state index contributed by atoms with van der Waals surface area (Å²) in [5.74, 6) is -1.99. The average Bonchev–Trinajstić information content (AvgIpc) is 2.29. The largest absolute Gasteiger partial charge is 0.436 e. The minimum atomic E-state index is -1.04. The van der Waals surface area contributed by atoms with E-state index in [2.05, 4.69) is 36.8 Å². The Kier molecular flexibility index (Phi) is 3.97. The normalized spacial score (nSPS) is 10.5. The van der Waals surface area contributed by atoms with Crippen LogP contribution in [0.1, 0.15) is 5.56 Å². The molecule has 0 aliphatic heterocycles. The zero-order chi connectivity index (χ0) is 13.3. The van der Waals surface area contributed by atoms with E-state index in [1.807, 2.05) is 0 Å². The van der Waals surface area contributed by atoms with Crippen LogP contribution in [-0.4, -0.2) is 4.98 Å². The molecule has 0 amide bonds. The fourth-order valence-corrected chi connectivity index (χ4v) is 2.20. The van der Waals surface area contributed by atoms with Gasteiger partial charge in [0.25, 0.3) is 0 Å². The van der Waals surface area contributed by atoms with Gasteiger partial charge in [0.15, 0.2) is 11.6 Å². The second-order valence-corrected chi connectivity index (χ2v) is 5.41. The first-order chi connectivity index (χ1) is 8.47. The molecule has 2 rings (SSSR count). The van der Waals surface area contributed by atoms with E-state index in [-0.39, 0.29) is 11.6 Å². The summed E-state index contributed by atoms with van der Waals surface area (Å²) in [6.07, 6.45) is 1.52. The molecule has 0 unspecified atom stereocenters. The fraction of sp³-hybridized carbons (Fsp3) is 0.0833. The summed E-state index contributed by atoms with van der Waals surface area (Å²) in [6, 6.07) is 4.15. The van der Waals surface area contributed by atoms with Crippen LogP contribution in [-0.2, 0) is 0 Å². The Morgan fingerprint density at radius 1 is 1.11 bits per heavy atom. The van der Waals surface area contributed by atoms with E-state index in [1.165, 1.54) is 12.3 Å². The maximum Gasteiger partial charge on any atom is 0.222 e. The Bertz CT molecular complexity index is 605. The minimum absolute atomic E-state index is 0.209. The van der Waals surface area contributed by atoms with Crippen molar-refractivity contribution in [1.82, 2.24) is 4.98 Å². The van der Waals surface area contributed by atoms with Gasteiger partial charge < -0.3 is 4.74 Å². The Morgan fingerprint density at radius 3 is 2.50 bits per heavy atom. The summed E-state index contributed by atoms with van der Waals surface area (Å²) in [7, 11) is 0. The van der Waals surface area contributed by atoms with E-state index in [0.29, 0.717) is 10.0 Å². The van der Waals surface area contributed by atoms with Crippen molar-refractivity contribution < 1.29 is 13.5 Å². The molecule has 94 valence electrons. The van der Waals surface area contributed by atoms with Crippen LogP contribution < -0.4 is 4.74 Å². The Morgan fingerprint density at radius 2 is 1.83 bits per heavy atom. The highest BCUT2D eigenvalue weighted by molar-refractivity contribution is 9.10. The molecule has 0 aliphatic carbocycles. The van der Waals surface area contributed by atoms with E-state index in [4.69, 9.17) is 4.74 Å². The number of rotatable bonds is 2. The van der Waals surface area contributed by atoms with Gasteiger partial charge in [0.2, 0.25) is 11.7 Å². The lowest BCUT2D eigenvalue weighted by Crippen LogP contribution is -1.96. The number of ether oxygens (including phenoxy) is 1. The van der Waals surface area contributed by atoms with Crippen molar-refractivity contribution in [3.63, 3.8) is 0 Å². The molecule has 2 aromatic rings. The molecular weight excluding hydrogens is 372 g/mol. The van der Waals surface area contributed by atoms with Gasteiger partial charge in [-0.1, -0.05) is 15.9 Å². The molecule has 0 bridgehead atoms. The fourth-order valence-electron chi connectivity index (χ4n) is 1.35. The third-order valence-electron chi connectivity index (χ3n) is 2.16. The van der Waals surface area contributed by atoms with E-state index < -0.39 is 11.6 Å². The van der Waals surface area contributed by atoms with Crippen molar-refractivity contribution in [3.05, 3.63) is 50.5 Å². The van der Waals surface area contributed by atoms with Crippen LogP contribution in [0, 0.1) is 18.6 Å². The van der Waals surface area contributed by atoms with Crippen molar-refractivity contribution in [2.45, 2.75) is 6.92 Å². The standard InChI is InChI=1S/C12H7Br2F2NO/c1-6-2-8(14)5-17-12(6)18-10-4-7(13)3-9(15)11(10)16/h2-5H,1H3. The molecule has 0 radical (unpaired) electrons. The van der Waals surface area contributed by atoms with E-state index in [9.17, 15) is 8.78 Å². The molecule has 18 heavy (non-hydrogen) atoms. The molecule has 0 N–H and O–H groups in total. The van der Waals surface area contributed by atoms with E-state index >= 15 is 0 Å². The Labute approximate surface area is 119 Å². The number of aromatic nitrogens is 1. The molecule has 0 atom stereocenters. The summed E-state index contributed by atoms with van der Waals surface area (Å²) in [5, 5.41) is 0. The monoisotopic (exact) mass is 377 g/mol. The number of hydrogen-bond donors (Lipinski definition) is 0. The molecule has 1 aromatic carbocycles. The Balaban J connectivity index is 2.40. The summed E-state index contributed by atoms with van der Waals surface area (Å²) in [5.41, 5.74) is 0.712. The smallest absolute Gasteiger partial charge is 0.222 e. The zero-order valence-electron chi connectivity index (χ0n) is 9.18. The molecular formula is C12H7Br2F2NO. The topological polar surface area (TPSA) is 22.1 Å². The molecule has 0 saturated carbocycles. The molecule has 0 saturated heterocycles. The predicted molar refractivity (Wildman–Crippen MR) is 70.8 cm³/mol. The van der Waals surface area contributed by atoms with Gasteiger partial charge in [-0.25, -0.2) is 9.37 Å². The molecule has 0 fully saturated rings. The zero-order valence-corrected chi connectivity index (χ0v) is 12.3. The number of nitrogens with zero attached hydrogens (tertiary/aromatic N) is 1. The molecule has 1 heterocycles. The summed E-state index contributed by atoms with van der Waals surface area (Å²) in [6.45, 7) is 1.76. The van der Waals surface area contributed by atoms with Gasteiger partial charge in [-0.3, -0.25) is 0 Å². The van der Waals surface area contributed by atoms with Gasteiger partial charge in [-0.2, -0.15) is 4.39 Å². The number of halogens is 4. The lowest BCUT2D eigenvalue weighted by Gasteiger charge is -2.09. The van der Waals surface area contributed by atoms with Crippen LogP contribution in [0.5, 0.6) is 11.6 Å². The van der Waals surface area contributed by atoms with Gasteiger partial charge in [0.1, 0.15) is 0 Å². The van der Waals surface area contributed by atoms with Gasteiger partial charge in [-0.05, 0) is 41.1 Å². The predicted octanol–water partition coefficient (Wildman–Crippen LogP) is 4.99. The summed E-state index contributed by atoms with van der Waals surface area (Å²) >= 11 is 6.34. The first-order valence-electron chi connectivity index (χ1n) is 4.92. The van der Waals surface area contributed by atoms with Gasteiger partial charge in [0, 0.05) is 20.7 Å². The highest BCUT2D eigenvalue weighted by Crippen LogP contribution is 2.30. The average molecular weight is 379 g/mol. The second kappa shape index (κ2) is 5.32. The van der Waals surface area contributed by atoms with Crippen molar-refractivity contribution >= 4 is 31.9 Å². The van der Waals surface area contributed by atoms with Crippen LogP contribution in [0.2, 0.25) is 0 Å².